The van der Waals surface area contributed by atoms with Gasteiger partial charge in [0, 0.05) is 9.81 Å². The molecule has 1 aromatic carbocycles. The van der Waals surface area contributed by atoms with E-state index in [2.05, 4.69) is 22.7 Å². The summed E-state index contributed by atoms with van der Waals surface area (Å²) in [5.74, 6) is 0. The highest BCUT2D eigenvalue weighted by Gasteiger charge is 1.90. The van der Waals surface area contributed by atoms with E-state index in [-0.39, 0.29) is 0 Å². The molecule has 1 aromatic rings. The SMILES string of the molecule is [N-]=[N+]=Nc1ccccc1S. The van der Waals surface area contributed by atoms with Gasteiger partial charge in [0.25, 0.3) is 0 Å². The van der Waals surface area contributed by atoms with Crippen molar-refractivity contribution in [3.63, 3.8) is 0 Å². The first kappa shape index (κ1) is 6.99. The van der Waals surface area contributed by atoms with Crippen LogP contribution in [0.4, 0.5) is 5.69 Å². The predicted molar refractivity (Wildman–Crippen MR) is 42.5 cm³/mol. The first-order chi connectivity index (χ1) is 4.84. The minimum absolute atomic E-state index is 0.563. The van der Waals surface area contributed by atoms with Gasteiger partial charge in [0.15, 0.2) is 0 Å². The molecule has 50 valence electrons. The summed E-state index contributed by atoms with van der Waals surface area (Å²) in [5, 5.41) is 3.41. The Morgan fingerprint density at radius 3 is 2.70 bits per heavy atom. The number of thiol groups is 1. The Labute approximate surface area is 63.7 Å². The van der Waals surface area contributed by atoms with E-state index < -0.39 is 0 Å². The van der Waals surface area contributed by atoms with Crippen LogP contribution in [-0.2, 0) is 0 Å². The summed E-state index contributed by atoms with van der Waals surface area (Å²) in [6.07, 6.45) is 0. The lowest BCUT2D eigenvalue weighted by Gasteiger charge is -1.92. The third-order valence-corrected chi connectivity index (χ3v) is 1.41. The molecule has 3 nitrogen and oxygen atoms in total. The molecule has 0 aliphatic heterocycles. The van der Waals surface area contributed by atoms with Crippen molar-refractivity contribution in [3.8, 4) is 0 Å². The van der Waals surface area contributed by atoms with Gasteiger partial charge in [0.05, 0.1) is 5.69 Å². The third-order valence-electron chi connectivity index (χ3n) is 1.03. The van der Waals surface area contributed by atoms with Crippen molar-refractivity contribution in [2.24, 2.45) is 5.11 Å². The van der Waals surface area contributed by atoms with Gasteiger partial charge in [0.2, 0.25) is 0 Å². The van der Waals surface area contributed by atoms with Crippen molar-refractivity contribution in [1.82, 2.24) is 0 Å². The van der Waals surface area contributed by atoms with Crippen LogP contribution in [-0.4, -0.2) is 0 Å². The molecular weight excluding hydrogens is 146 g/mol. The first-order valence-corrected chi connectivity index (χ1v) is 3.12. The molecule has 0 N–H and O–H groups in total. The smallest absolute Gasteiger partial charge is 0.0508 e. The Bertz CT molecular complexity index is 278. The number of benzene rings is 1. The van der Waals surface area contributed by atoms with Crippen molar-refractivity contribution in [1.29, 1.82) is 0 Å². The van der Waals surface area contributed by atoms with Crippen LogP contribution in [0.5, 0.6) is 0 Å². The van der Waals surface area contributed by atoms with Gasteiger partial charge in [-0.3, -0.25) is 0 Å². The Morgan fingerprint density at radius 2 is 2.10 bits per heavy atom. The molecule has 0 unspecified atom stereocenters. The van der Waals surface area contributed by atoms with E-state index in [1.54, 1.807) is 18.2 Å². The molecule has 0 aliphatic carbocycles. The van der Waals surface area contributed by atoms with E-state index in [1.165, 1.54) is 0 Å². The lowest BCUT2D eigenvalue weighted by Crippen LogP contribution is -1.64. The molecule has 0 fully saturated rings. The molecule has 0 atom stereocenters. The van der Waals surface area contributed by atoms with Crippen LogP contribution in [0.15, 0.2) is 34.3 Å². The lowest BCUT2D eigenvalue weighted by atomic mass is 10.3. The molecule has 0 heterocycles. The van der Waals surface area contributed by atoms with Crippen LogP contribution in [0.1, 0.15) is 0 Å². The maximum absolute atomic E-state index is 8.07. The number of nitrogens with zero attached hydrogens (tertiary/aromatic N) is 3. The minimum Gasteiger partial charge on any atom is -0.143 e. The summed E-state index contributed by atoms with van der Waals surface area (Å²) in [4.78, 5) is 3.34. The van der Waals surface area contributed by atoms with Crippen molar-refractivity contribution in [2.75, 3.05) is 0 Å². The number of rotatable bonds is 1. The minimum atomic E-state index is 0.563. The number of hydrogen-bond donors (Lipinski definition) is 1. The number of azide groups is 1. The Kier molecular flexibility index (Phi) is 2.20. The summed E-state index contributed by atoms with van der Waals surface area (Å²) >= 11 is 4.07. The molecule has 0 radical (unpaired) electrons. The van der Waals surface area contributed by atoms with Gasteiger partial charge in [-0.1, -0.05) is 23.3 Å². The van der Waals surface area contributed by atoms with Gasteiger partial charge in [0.1, 0.15) is 0 Å². The fourth-order valence-electron chi connectivity index (χ4n) is 0.597. The normalized spacial score (nSPS) is 8.50. The lowest BCUT2D eigenvalue weighted by molar-refractivity contribution is 1.36. The maximum atomic E-state index is 8.07. The van der Waals surface area contributed by atoms with Crippen LogP contribution in [0.3, 0.4) is 0 Å². The molecular formula is C6H5N3S. The molecule has 0 amide bonds. The van der Waals surface area contributed by atoms with E-state index in [1.807, 2.05) is 6.07 Å². The quantitative estimate of drug-likeness (QED) is 0.277. The fraction of sp³-hybridized carbons (Fsp3) is 0. The second-order valence-electron chi connectivity index (χ2n) is 1.68. The zero-order valence-electron chi connectivity index (χ0n) is 5.10. The zero-order valence-corrected chi connectivity index (χ0v) is 5.99. The van der Waals surface area contributed by atoms with E-state index in [4.69, 9.17) is 5.53 Å². The van der Waals surface area contributed by atoms with Gasteiger partial charge in [-0.15, -0.1) is 12.6 Å². The largest absolute Gasteiger partial charge is 0.143 e. The van der Waals surface area contributed by atoms with Gasteiger partial charge < -0.3 is 0 Å². The summed E-state index contributed by atoms with van der Waals surface area (Å²) < 4.78 is 0. The third kappa shape index (κ3) is 1.43. The highest BCUT2D eigenvalue weighted by molar-refractivity contribution is 7.80. The first-order valence-electron chi connectivity index (χ1n) is 2.67. The average molecular weight is 151 g/mol. The van der Waals surface area contributed by atoms with Gasteiger partial charge >= 0.3 is 0 Å². The standard InChI is InChI=1S/C6H5N3S/c7-9-8-5-3-1-2-4-6(5)10/h1-4,10H. The predicted octanol–water partition coefficient (Wildman–Crippen LogP) is 2.92. The van der Waals surface area contributed by atoms with E-state index in [0.29, 0.717) is 10.6 Å². The van der Waals surface area contributed by atoms with E-state index >= 15 is 0 Å². The summed E-state index contributed by atoms with van der Waals surface area (Å²) in [6.45, 7) is 0. The Hall–Kier alpha value is -1.12. The van der Waals surface area contributed by atoms with Gasteiger partial charge in [-0.05, 0) is 11.6 Å². The van der Waals surface area contributed by atoms with Crippen molar-refractivity contribution >= 4 is 18.3 Å². The van der Waals surface area contributed by atoms with E-state index in [0.717, 1.165) is 0 Å². The maximum Gasteiger partial charge on any atom is 0.0508 e. The topological polar surface area (TPSA) is 48.8 Å². The fourth-order valence-corrected chi connectivity index (χ4v) is 0.802. The summed E-state index contributed by atoms with van der Waals surface area (Å²) in [6, 6.07) is 7.11. The molecule has 4 heteroatoms. The van der Waals surface area contributed by atoms with Crippen LogP contribution in [0.2, 0.25) is 0 Å². The monoisotopic (exact) mass is 151 g/mol. The zero-order chi connectivity index (χ0) is 7.40. The molecule has 0 bridgehead atoms. The molecule has 0 aromatic heterocycles. The Balaban J connectivity index is 3.14. The number of hydrogen-bond acceptors (Lipinski definition) is 2. The molecule has 10 heavy (non-hydrogen) atoms. The summed E-state index contributed by atoms with van der Waals surface area (Å²) in [5.41, 5.74) is 8.63. The second-order valence-corrected chi connectivity index (χ2v) is 2.16. The molecule has 0 saturated heterocycles. The van der Waals surface area contributed by atoms with Crippen molar-refractivity contribution in [2.45, 2.75) is 4.90 Å². The van der Waals surface area contributed by atoms with Crippen molar-refractivity contribution in [3.05, 3.63) is 34.7 Å². The molecule has 0 spiro atoms. The second kappa shape index (κ2) is 3.15. The van der Waals surface area contributed by atoms with Crippen molar-refractivity contribution < 1.29 is 0 Å². The van der Waals surface area contributed by atoms with E-state index in [9.17, 15) is 0 Å². The highest BCUT2D eigenvalue weighted by atomic mass is 32.1. The molecule has 0 aliphatic rings. The van der Waals surface area contributed by atoms with Gasteiger partial charge in [-0.2, -0.15) is 0 Å². The molecule has 0 saturated carbocycles. The molecule has 1 rings (SSSR count). The Morgan fingerprint density at radius 1 is 1.40 bits per heavy atom. The van der Waals surface area contributed by atoms with Crippen LogP contribution < -0.4 is 0 Å². The van der Waals surface area contributed by atoms with Gasteiger partial charge in [-0.25, -0.2) is 0 Å². The van der Waals surface area contributed by atoms with Crippen LogP contribution >= 0.6 is 12.6 Å². The van der Waals surface area contributed by atoms with Crippen LogP contribution in [0.25, 0.3) is 10.4 Å². The summed E-state index contributed by atoms with van der Waals surface area (Å²) in [7, 11) is 0. The average Bonchev–Trinajstić information content (AvgIpc) is 1.94. The highest BCUT2D eigenvalue weighted by Crippen LogP contribution is 2.21. The van der Waals surface area contributed by atoms with Crippen LogP contribution in [0, 0.1) is 0 Å².